The Hall–Kier alpha value is -2.48. The first-order chi connectivity index (χ1) is 12.7. The molecule has 0 saturated heterocycles. The molecule has 0 spiro atoms. The van der Waals surface area contributed by atoms with E-state index in [0.29, 0.717) is 5.92 Å². The van der Waals surface area contributed by atoms with Crippen LogP contribution in [0.3, 0.4) is 0 Å². The molecule has 0 fully saturated rings. The minimum absolute atomic E-state index is 0.154. The molecule has 2 aromatic heterocycles. The fourth-order valence-electron chi connectivity index (χ4n) is 4.07. The highest BCUT2D eigenvalue weighted by atomic mass is 14.9. The molecule has 0 unspecified atom stereocenters. The summed E-state index contributed by atoms with van der Waals surface area (Å²) in [5, 5.41) is 2.65. The SMILES string of the molecule is CC(C)c1cc(-c2cn(C)c3cc(C(C)(C)C)ccc23)c2c(ccn2C)c1. The second-order valence-electron chi connectivity index (χ2n) is 9.22. The minimum Gasteiger partial charge on any atom is -0.350 e. The van der Waals surface area contributed by atoms with E-state index in [-0.39, 0.29) is 5.41 Å². The maximum Gasteiger partial charge on any atom is 0.0558 e. The highest BCUT2D eigenvalue weighted by Crippen LogP contribution is 2.38. The van der Waals surface area contributed by atoms with Gasteiger partial charge in [-0.1, -0.05) is 46.8 Å². The van der Waals surface area contributed by atoms with Crippen LogP contribution in [0, 0.1) is 0 Å². The van der Waals surface area contributed by atoms with E-state index in [0.717, 1.165) is 0 Å². The van der Waals surface area contributed by atoms with Gasteiger partial charge in [-0.05, 0) is 46.7 Å². The van der Waals surface area contributed by atoms with Crippen molar-refractivity contribution in [2.24, 2.45) is 14.1 Å². The van der Waals surface area contributed by atoms with Crippen LogP contribution >= 0.6 is 0 Å². The molecular formula is C25H30N2. The standard InChI is InChI=1S/C25H30N2/c1-16(2)18-12-17-10-11-26(6)24(17)21(13-18)22-15-27(7)23-14-19(25(3,4)5)8-9-20(22)23/h8-16H,1-7H3. The van der Waals surface area contributed by atoms with Crippen molar-refractivity contribution >= 4 is 21.8 Å². The predicted octanol–water partition coefficient (Wildman–Crippen LogP) is 6.76. The molecule has 4 rings (SSSR count). The fourth-order valence-corrected chi connectivity index (χ4v) is 4.07. The Kier molecular flexibility index (Phi) is 3.99. The van der Waals surface area contributed by atoms with Gasteiger partial charge in [-0.3, -0.25) is 0 Å². The maximum absolute atomic E-state index is 2.39. The minimum atomic E-state index is 0.154. The molecule has 0 aliphatic heterocycles. The molecule has 0 atom stereocenters. The molecule has 0 bridgehead atoms. The van der Waals surface area contributed by atoms with Crippen LogP contribution in [0.2, 0.25) is 0 Å². The summed E-state index contributed by atoms with van der Waals surface area (Å²) in [5.41, 5.74) is 8.19. The lowest BCUT2D eigenvalue weighted by atomic mass is 9.86. The van der Waals surface area contributed by atoms with Gasteiger partial charge in [0.1, 0.15) is 0 Å². The van der Waals surface area contributed by atoms with Crippen LogP contribution in [0.4, 0.5) is 0 Å². The van der Waals surface area contributed by atoms with Gasteiger partial charge >= 0.3 is 0 Å². The van der Waals surface area contributed by atoms with Crippen molar-refractivity contribution in [3.8, 4) is 11.1 Å². The first-order valence-electron chi connectivity index (χ1n) is 9.85. The van der Waals surface area contributed by atoms with Crippen molar-refractivity contribution in [3.05, 3.63) is 59.9 Å². The third kappa shape index (κ3) is 2.88. The fraction of sp³-hybridized carbons (Fsp3) is 0.360. The number of aryl methyl sites for hydroxylation is 2. The zero-order valence-corrected chi connectivity index (χ0v) is 17.6. The third-order valence-electron chi connectivity index (χ3n) is 5.81. The van der Waals surface area contributed by atoms with Gasteiger partial charge in [0.2, 0.25) is 0 Å². The van der Waals surface area contributed by atoms with Crippen LogP contribution in [0.5, 0.6) is 0 Å². The monoisotopic (exact) mass is 358 g/mol. The van der Waals surface area contributed by atoms with Gasteiger partial charge in [0.25, 0.3) is 0 Å². The molecule has 0 N–H and O–H groups in total. The molecule has 2 heteroatoms. The first kappa shape index (κ1) is 17.9. The van der Waals surface area contributed by atoms with Gasteiger partial charge in [-0.2, -0.15) is 0 Å². The quantitative estimate of drug-likeness (QED) is 0.375. The van der Waals surface area contributed by atoms with E-state index in [2.05, 4.69) is 107 Å². The summed E-state index contributed by atoms with van der Waals surface area (Å²) in [5.74, 6) is 0.510. The molecular weight excluding hydrogens is 328 g/mol. The van der Waals surface area contributed by atoms with Crippen LogP contribution in [0.25, 0.3) is 32.9 Å². The third-order valence-corrected chi connectivity index (χ3v) is 5.81. The average Bonchev–Trinajstić information content (AvgIpc) is 3.14. The van der Waals surface area contributed by atoms with E-state index in [1.807, 2.05) is 0 Å². The van der Waals surface area contributed by atoms with Crippen molar-refractivity contribution in [2.75, 3.05) is 0 Å². The predicted molar refractivity (Wildman–Crippen MR) is 118 cm³/mol. The summed E-state index contributed by atoms with van der Waals surface area (Å²) < 4.78 is 4.52. The maximum atomic E-state index is 2.39. The van der Waals surface area contributed by atoms with Gasteiger partial charge in [-0.25, -0.2) is 0 Å². The molecule has 0 amide bonds. The van der Waals surface area contributed by atoms with Crippen LogP contribution in [0.1, 0.15) is 51.7 Å². The molecule has 0 radical (unpaired) electrons. The largest absolute Gasteiger partial charge is 0.350 e. The van der Waals surface area contributed by atoms with Gasteiger partial charge in [0.05, 0.1) is 5.52 Å². The second kappa shape index (κ2) is 6.02. The van der Waals surface area contributed by atoms with E-state index in [1.54, 1.807) is 0 Å². The number of nitrogens with zero attached hydrogens (tertiary/aromatic N) is 2. The van der Waals surface area contributed by atoms with Gasteiger partial charge < -0.3 is 9.13 Å². The highest BCUT2D eigenvalue weighted by molar-refractivity contribution is 6.05. The lowest BCUT2D eigenvalue weighted by Crippen LogP contribution is -2.10. The molecule has 0 aliphatic rings. The summed E-state index contributed by atoms with van der Waals surface area (Å²) in [6.45, 7) is 11.4. The summed E-state index contributed by atoms with van der Waals surface area (Å²) in [4.78, 5) is 0. The lowest BCUT2D eigenvalue weighted by molar-refractivity contribution is 0.591. The molecule has 2 nitrogen and oxygen atoms in total. The van der Waals surface area contributed by atoms with Crippen molar-refractivity contribution in [1.29, 1.82) is 0 Å². The number of benzene rings is 2. The van der Waals surface area contributed by atoms with E-state index >= 15 is 0 Å². The topological polar surface area (TPSA) is 9.86 Å². The van der Waals surface area contributed by atoms with Crippen molar-refractivity contribution in [3.63, 3.8) is 0 Å². The molecule has 140 valence electrons. The van der Waals surface area contributed by atoms with Gasteiger partial charge in [0.15, 0.2) is 0 Å². The van der Waals surface area contributed by atoms with E-state index in [9.17, 15) is 0 Å². The van der Waals surface area contributed by atoms with Crippen LogP contribution in [0.15, 0.2) is 48.8 Å². The van der Waals surface area contributed by atoms with Crippen molar-refractivity contribution in [2.45, 2.75) is 46.0 Å². The number of aromatic nitrogens is 2. The Morgan fingerprint density at radius 2 is 1.59 bits per heavy atom. The van der Waals surface area contributed by atoms with E-state index in [4.69, 9.17) is 0 Å². The lowest BCUT2D eigenvalue weighted by Gasteiger charge is -2.19. The van der Waals surface area contributed by atoms with Gasteiger partial charge in [0, 0.05) is 53.9 Å². The zero-order valence-electron chi connectivity index (χ0n) is 17.6. The Balaban J connectivity index is 2.04. The summed E-state index contributed by atoms with van der Waals surface area (Å²) in [6.07, 6.45) is 4.46. The van der Waals surface area contributed by atoms with Gasteiger partial charge in [-0.15, -0.1) is 0 Å². The highest BCUT2D eigenvalue weighted by Gasteiger charge is 2.19. The summed E-state index contributed by atoms with van der Waals surface area (Å²) in [6, 6.07) is 13.9. The molecule has 2 heterocycles. The number of rotatable bonds is 2. The van der Waals surface area contributed by atoms with E-state index in [1.165, 1.54) is 44.1 Å². The van der Waals surface area contributed by atoms with Crippen LogP contribution < -0.4 is 0 Å². The second-order valence-corrected chi connectivity index (χ2v) is 9.22. The number of hydrogen-bond acceptors (Lipinski definition) is 0. The Labute approximate surface area is 162 Å². The average molecular weight is 359 g/mol. The molecule has 4 aromatic rings. The molecule has 0 saturated carbocycles. The van der Waals surface area contributed by atoms with Crippen molar-refractivity contribution in [1.82, 2.24) is 9.13 Å². The van der Waals surface area contributed by atoms with Crippen LogP contribution in [-0.4, -0.2) is 9.13 Å². The van der Waals surface area contributed by atoms with Crippen molar-refractivity contribution < 1.29 is 0 Å². The zero-order chi connectivity index (χ0) is 19.5. The summed E-state index contributed by atoms with van der Waals surface area (Å²) >= 11 is 0. The Morgan fingerprint density at radius 3 is 2.26 bits per heavy atom. The molecule has 0 aliphatic carbocycles. The first-order valence-corrected chi connectivity index (χ1v) is 9.85. The summed E-state index contributed by atoms with van der Waals surface area (Å²) in [7, 11) is 4.30. The Morgan fingerprint density at radius 1 is 0.852 bits per heavy atom. The molecule has 27 heavy (non-hydrogen) atoms. The number of fused-ring (bicyclic) bond motifs is 2. The normalized spacial score (nSPS) is 12.6. The number of hydrogen-bond donors (Lipinski definition) is 0. The van der Waals surface area contributed by atoms with E-state index < -0.39 is 0 Å². The smallest absolute Gasteiger partial charge is 0.0558 e. The van der Waals surface area contributed by atoms with Crippen LogP contribution in [-0.2, 0) is 19.5 Å². The molecule has 2 aromatic carbocycles. The Bertz CT molecular complexity index is 1150.